The maximum Gasteiger partial charge on any atom is 0.335 e. The molecule has 0 aliphatic rings. The number of aromatic nitrogens is 3. The molecule has 1 aromatic carbocycles. The van der Waals surface area contributed by atoms with Gasteiger partial charge in [-0.1, -0.05) is 32.9 Å². The highest BCUT2D eigenvalue weighted by Crippen LogP contribution is 2.40. The number of rotatable bonds is 4. The molecular formula is C15H19N3O3. The monoisotopic (exact) mass is 289 g/mol. The van der Waals surface area contributed by atoms with Gasteiger partial charge in [-0.2, -0.15) is 5.10 Å². The Kier molecular flexibility index (Phi) is 3.82. The average molecular weight is 289 g/mol. The van der Waals surface area contributed by atoms with Gasteiger partial charge in [-0.15, -0.1) is 0 Å². The summed E-state index contributed by atoms with van der Waals surface area (Å²) >= 11 is 0. The molecule has 112 valence electrons. The van der Waals surface area contributed by atoms with Crippen LogP contribution >= 0.6 is 0 Å². The summed E-state index contributed by atoms with van der Waals surface area (Å²) in [4.78, 5) is 14.8. The van der Waals surface area contributed by atoms with Crippen LogP contribution in [0.15, 0.2) is 36.9 Å². The molecule has 2 rings (SSSR count). The Hall–Kier alpha value is -2.21. The van der Waals surface area contributed by atoms with Gasteiger partial charge in [-0.05, 0) is 23.1 Å². The number of benzene rings is 1. The fourth-order valence-electron chi connectivity index (χ4n) is 2.20. The van der Waals surface area contributed by atoms with Gasteiger partial charge in [0, 0.05) is 0 Å². The smallest absolute Gasteiger partial charge is 0.335 e. The first-order valence-corrected chi connectivity index (χ1v) is 6.63. The van der Waals surface area contributed by atoms with E-state index in [2.05, 4.69) is 10.1 Å². The Balaban J connectivity index is 2.42. The van der Waals surface area contributed by atoms with E-state index >= 15 is 0 Å². The van der Waals surface area contributed by atoms with Crippen molar-refractivity contribution in [3.63, 3.8) is 0 Å². The molecule has 2 aromatic rings. The number of carbonyl (C=O) groups is 1. The molecule has 0 fully saturated rings. The van der Waals surface area contributed by atoms with Crippen LogP contribution in [0.1, 0.15) is 36.7 Å². The summed E-state index contributed by atoms with van der Waals surface area (Å²) < 4.78 is 1.57. The fourth-order valence-corrected chi connectivity index (χ4v) is 2.20. The van der Waals surface area contributed by atoms with Crippen LogP contribution in [0.4, 0.5) is 0 Å². The number of nitrogens with zero attached hydrogens (tertiary/aromatic N) is 3. The van der Waals surface area contributed by atoms with Crippen LogP contribution < -0.4 is 0 Å². The summed E-state index contributed by atoms with van der Waals surface area (Å²) in [6.45, 7) is 6.02. The van der Waals surface area contributed by atoms with E-state index in [4.69, 9.17) is 5.11 Å². The molecule has 1 unspecified atom stereocenters. The van der Waals surface area contributed by atoms with E-state index in [0.29, 0.717) is 5.56 Å². The first-order chi connectivity index (χ1) is 9.74. The zero-order valence-corrected chi connectivity index (χ0v) is 12.3. The van der Waals surface area contributed by atoms with E-state index in [9.17, 15) is 9.90 Å². The van der Waals surface area contributed by atoms with Crippen LogP contribution in [0.5, 0.6) is 0 Å². The van der Waals surface area contributed by atoms with Crippen molar-refractivity contribution in [2.75, 3.05) is 0 Å². The molecular weight excluding hydrogens is 270 g/mol. The lowest BCUT2D eigenvalue weighted by molar-refractivity contribution is -0.0804. The van der Waals surface area contributed by atoms with E-state index in [1.807, 2.05) is 20.8 Å². The number of carboxylic acid groups (broad SMARTS) is 1. The van der Waals surface area contributed by atoms with Crippen LogP contribution in [0.3, 0.4) is 0 Å². The normalized spacial score (nSPS) is 14.7. The summed E-state index contributed by atoms with van der Waals surface area (Å²) in [5, 5.41) is 24.2. The second-order valence-electron chi connectivity index (χ2n) is 6.09. The molecule has 1 aromatic heterocycles. The third-order valence-electron chi connectivity index (χ3n) is 3.71. The number of hydrogen-bond donors (Lipinski definition) is 2. The van der Waals surface area contributed by atoms with Crippen LogP contribution in [-0.4, -0.2) is 30.9 Å². The van der Waals surface area contributed by atoms with Crippen molar-refractivity contribution < 1.29 is 15.0 Å². The number of carboxylic acids is 1. The van der Waals surface area contributed by atoms with E-state index in [1.165, 1.54) is 18.5 Å². The Bertz CT molecular complexity index is 615. The second kappa shape index (κ2) is 5.29. The SMILES string of the molecule is CC(C)(C)C(O)(Cn1cncn1)c1ccc(C(=O)O)cc1. The highest BCUT2D eigenvalue weighted by atomic mass is 16.4. The van der Waals surface area contributed by atoms with E-state index in [-0.39, 0.29) is 12.1 Å². The van der Waals surface area contributed by atoms with E-state index < -0.39 is 17.0 Å². The van der Waals surface area contributed by atoms with Gasteiger partial charge in [0.2, 0.25) is 0 Å². The summed E-state index contributed by atoms with van der Waals surface area (Å²) in [7, 11) is 0. The minimum atomic E-state index is -1.20. The first-order valence-electron chi connectivity index (χ1n) is 6.63. The van der Waals surface area contributed by atoms with Gasteiger partial charge in [-0.25, -0.2) is 14.5 Å². The van der Waals surface area contributed by atoms with E-state index in [0.717, 1.165) is 0 Å². The highest BCUT2D eigenvalue weighted by Gasteiger charge is 2.42. The standard InChI is InChI=1S/C15H19N3O3/c1-14(2,3)15(21,8-18-10-16-9-17-18)12-6-4-11(5-7-12)13(19)20/h4-7,9-10,21H,8H2,1-3H3,(H,19,20). The Morgan fingerprint density at radius 2 is 1.86 bits per heavy atom. The molecule has 6 heteroatoms. The van der Waals surface area contributed by atoms with Gasteiger partial charge in [0.05, 0.1) is 12.1 Å². The molecule has 0 spiro atoms. The van der Waals surface area contributed by atoms with Crippen LogP contribution in [-0.2, 0) is 12.1 Å². The van der Waals surface area contributed by atoms with Crippen LogP contribution in [0.25, 0.3) is 0 Å². The van der Waals surface area contributed by atoms with Crippen LogP contribution in [0.2, 0.25) is 0 Å². The van der Waals surface area contributed by atoms with Crippen molar-refractivity contribution in [1.82, 2.24) is 14.8 Å². The minimum absolute atomic E-state index is 0.191. The Morgan fingerprint density at radius 3 is 2.29 bits per heavy atom. The van der Waals surface area contributed by atoms with Crippen molar-refractivity contribution >= 4 is 5.97 Å². The lowest BCUT2D eigenvalue weighted by Gasteiger charge is -2.40. The van der Waals surface area contributed by atoms with Gasteiger partial charge in [0.15, 0.2) is 0 Å². The largest absolute Gasteiger partial charge is 0.478 e. The third-order valence-corrected chi connectivity index (χ3v) is 3.71. The maximum absolute atomic E-state index is 11.2. The lowest BCUT2D eigenvalue weighted by atomic mass is 9.72. The summed E-state index contributed by atoms with van der Waals surface area (Å²) in [5.41, 5.74) is -0.826. The topological polar surface area (TPSA) is 88.2 Å². The summed E-state index contributed by atoms with van der Waals surface area (Å²) in [5.74, 6) is -0.989. The number of aromatic carboxylic acids is 1. The quantitative estimate of drug-likeness (QED) is 0.897. The molecule has 0 saturated heterocycles. The molecule has 1 heterocycles. The predicted molar refractivity (Wildman–Crippen MR) is 76.8 cm³/mol. The first kappa shape index (κ1) is 15.2. The van der Waals surface area contributed by atoms with Gasteiger partial charge in [0.1, 0.15) is 18.3 Å². The molecule has 0 aliphatic heterocycles. The third kappa shape index (κ3) is 2.95. The van der Waals surface area contributed by atoms with Crippen LogP contribution in [0, 0.1) is 5.41 Å². The predicted octanol–water partition coefficient (Wildman–Crippen LogP) is 1.91. The molecule has 1 atom stereocenters. The second-order valence-corrected chi connectivity index (χ2v) is 6.09. The summed E-state index contributed by atoms with van der Waals surface area (Å²) in [6, 6.07) is 6.28. The van der Waals surface area contributed by atoms with Gasteiger partial charge < -0.3 is 10.2 Å². The zero-order valence-electron chi connectivity index (χ0n) is 12.3. The average Bonchev–Trinajstić information content (AvgIpc) is 2.90. The molecule has 0 amide bonds. The summed E-state index contributed by atoms with van der Waals surface area (Å²) in [6.07, 6.45) is 2.96. The van der Waals surface area contributed by atoms with Crippen molar-refractivity contribution in [2.24, 2.45) is 5.41 Å². The lowest BCUT2D eigenvalue weighted by Crippen LogP contribution is -2.44. The molecule has 0 radical (unpaired) electrons. The molecule has 21 heavy (non-hydrogen) atoms. The molecule has 6 nitrogen and oxygen atoms in total. The fraction of sp³-hybridized carbons (Fsp3) is 0.400. The number of hydrogen-bond acceptors (Lipinski definition) is 4. The molecule has 2 N–H and O–H groups in total. The Labute approximate surface area is 123 Å². The number of aliphatic hydroxyl groups is 1. The van der Waals surface area contributed by atoms with E-state index in [1.54, 1.807) is 23.1 Å². The Morgan fingerprint density at radius 1 is 1.24 bits per heavy atom. The van der Waals surface area contributed by atoms with Gasteiger partial charge in [0.25, 0.3) is 0 Å². The van der Waals surface area contributed by atoms with Crippen molar-refractivity contribution in [2.45, 2.75) is 32.9 Å². The molecule has 0 saturated carbocycles. The molecule has 0 bridgehead atoms. The minimum Gasteiger partial charge on any atom is -0.478 e. The van der Waals surface area contributed by atoms with Crippen molar-refractivity contribution in [3.05, 3.63) is 48.0 Å². The van der Waals surface area contributed by atoms with Gasteiger partial charge in [-0.3, -0.25) is 0 Å². The van der Waals surface area contributed by atoms with Gasteiger partial charge >= 0.3 is 5.97 Å². The van der Waals surface area contributed by atoms with Crippen molar-refractivity contribution in [1.29, 1.82) is 0 Å². The van der Waals surface area contributed by atoms with Crippen molar-refractivity contribution in [3.8, 4) is 0 Å². The molecule has 0 aliphatic carbocycles. The maximum atomic E-state index is 11.2. The highest BCUT2D eigenvalue weighted by molar-refractivity contribution is 5.87. The zero-order chi connectivity index (χ0) is 15.7.